The van der Waals surface area contributed by atoms with Crippen molar-refractivity contribution in [1.29, 1.82) is 0 Å². The van der Waals surface area contributed by atoms with Gasteiger partial charge >= 0.3 is 0 Å². The van der Waals surface area contributed by atoms with Gasteiger partial charge in [-0.2, -0.15) is 0 Å². The summed E-state index contributed by atoms with van der Waals surface area (Å²) in [6.07, 6.45) is 10.4. The molecule has 0 spiro atoms. The van der Waals surface area contributed by atoms with Crippen molar-refractivity contribution < 1.29 is 14.6 Å². The van der Waals surface area contributed by atoms with Crippen molar-refractivity contribution in [2.45, 2.75) is 102 Å². The Morgan fingerprint density at radius 2 is 1.57 bits per heavy atom. The average molecular weight is 540 g/mol. The number of hydrogen-bond acceptors (Lipinski definition) is 3. The Kier molecular flexibility index (Phi) is 8.95. The molecule has 2 N–H and O–H groups in total. The molecule has 1 heterocycles. The number of anilines is 1. The van der Waals surface area contributed by atoms with Gasteiger partial charge < -0.3 is 15.2 Å². The maximum Gasteiger partial charge on any atom is 0.225 e. The number of aliphatic hydroxyl groups is 1. The molecule has 0 saturated heterocycles. The molecule has 2 aliphatic rings. The van der Waals surface area contributed by atoms with E-state index in [1.165, 1.54) is 32.1 Å². The topological polar surface area (TPSA) is 58.6 Å². The first kappa shape index (κ1) is 28.4. The zero-order valence-corrected chi connectivity index (χ0v) is 24.4. The van der Waals surface area contributed by atoms with Crippen LogP contribution >= 0.6 is 0 Å². The van der Waals surface area contributed by atoms with E-state index >= 15 is 0 Å². The highest BCUT2D eigenvalue weighted by molar-refractivity contribution is 5.93. The monoisotopic (exact) mass is 539 g/mol. The minimum atomic E-state index is -0.268. The molecule has 0 radical (unpaired) electrons. The minimum Gasteiger partial charge on any atom is -0.457 e. The van der Waals surface area contributed by atoms with Crippen molar-refractivity contribution in [3.05, 3.63) is 89.0 Å². The summed E-state index contributed by atoms with van der Waals surface area (Å²) in [7, 11) is 0. The average Bonchev–Trinajstić information content (AvgIpc) is 2.95. The van der Waals surface area contributed by atoms with Crippen molar-refractivity contribution in [3.8, 4) is 11.5 Å². The van der Waals surface area contributed by atoms with E-state index in [4.69, 9.17) is 4.74 Å². The van der Waals surface area contributed by atoms with Crippen LogP contribution in [0.3, 0.4) is 0 Å². The van der Waals surface area contributed by atoms with Crippen LogP contribution < -0.4 is 10.1 Å². The molecule has 3 aromatic rings. The first-order chi connectivity index (χ1) is 19.3. The number of carbonyl (C=O) groups is 1. The van der Waals surface area contributed by atoms with Crippen LogP contribution in [0.1, 0.15) is 107 Å². The number of aryl methyl sites for hydroxylation is 1. The SMILES string of the molecule is CC(C)(C)c1ccc(CC[C@@H](O)CCC2CCCCC2)cc1NC(=O)CC1c2ccccc2Oc2ccccc21. The second-order valence-electron chi connectivity index (χ2n) is 12.9. The lowest BCUT2D eigenvalue weighted by Gasteiger charge is -2.28. The summed E-state index contributed by atoms with van der Waals surface area (Å²) in [5.74, 6) is 2.36. The van der Waals surface area contributed by atoms with Crippen LogP contribution in [0.2, 0.25) is 0 Å². The van der Waals surface area contributed by atoms with E-state index in [0.717, 1.165) is 71.0 Å². The lowest BCUT2D eigenvalue weighted by molar-refractivity contribution is -0.116. The molecule has 1 fully saturated rings. The molecule has 0 bridgehead atoms. The van der Waals surface area contributed by atoms with E-state index in [1.807, 2.05) is 36.4 Å². The standard InChI is InChI=1S/C36H45NO3/c1-36(2,3)31-22-19-26(18-21-27(38)20-17-25-11-5-4-6-12-25)23-32(31)37-35(39)24-30-28-13-7-9-15-33(28)40-34-16-10-8-14-29(30)34/h7-10,13-16,19,22-23,25,27,30,38H,4-6,11-12,17-18,20-21,24H2,1-3H3,(H,37,39)/t27-/m0/s1. The van der Waals surface area contributed by atoms with Crippen LogP contribution in [0.15, 0.2) is 66.7 Å². The predicted molar refractivity (Wildman–Crippen MR) is 163 cm³/mol. The molecule has 1 aliphatic heterocycles. The third kappa shape index (κ3) is 6.96. The Hall–Kier alpha value is -3.11. The number of hydrogen-bond donors (Lipinski definition) is 2. The van der Waals surface area contributed by atoms with Gasteiger partial charge in [-0.15, -0.1) is 0 Å². The van der Waals surface area contributed by atoms with Gasteiger partial charge in [0.2, 0.25) is 5.91 Å². The van der Waals surface area contributed by atoms with Crippen LogP contribution in [-0.4, -0.2) is 17.1 Å². The molecule has 40 heavy (non-hydrogen) atoms. The van der Waals surface area contributed by atoms with Crippen LogP contribution in [0, 0.1) is 5.92 Å². The minimum absolute atomic E-state index is 0.00771. The van der Waals surface area contributed by atoms with Crippen molar-refractivity contribution in [2.75, 3.05) is 5.32 Å². The zero-order chi connectivity index (χ0) is 28.1. The number of amides is 1. The summed E-state index contributed by atoms with van der Waals surface area (Å²) in [5, 5.41) is 14.0. The van der Waals surface area contributed by atoms with Gasteiger partial charge in [0.1, 0.15) is 11.5 Å². The van der Waals surface area contributed by atoms with Crippen LogP contribution in [0.25, 0.3) is 0 Å². The number of para-hydroxylation sites is 2. The highest BCUT2D eigenvalue weighted by Crippen LogP contribution is 2.45. The lowest BCUT2D eigenvalue weighted by Crippen LogP contribution is -2.22. The van der Waals surface area contributed by atoms with Gasteiger partial charge in [0.15, 0.2) is 0 Å². The van der Waals surface area contributed by atoms with Crippen LogP contribution in [-0.2, 0) is 16.6 Å². The van der Waals surface area contributed by atoms with E-state index in [0.29, 0.717) is 6.42 Å². The first-order valence-corrected chi connectivity index (χ1v) is 15.2. The summed E-state index contributed by atoms with van der Waals surface area (Å²) < 4.78 is 6.13. The second-order valence-corrected chi connectivity index (χ2v) is 12.9. The van der Waals surface area contributed by atoms with Crippen LogP contribution in [0.4, 0.5) is 5.69 Å². The van der Waals surface area contributed by atoms with Crippen molar-refractivity contribution in [2.24, 2.45) is 5.92 Å². The summed E-state index contributed by atoms with van der Waals surface area (Å²) >= 11 is 0. The first-order valence-electron chi connectivity index (χ1n) is 15.2. The van der Waals surface area contributed by atoms with Gasteiger partial charge in [0.05, 0.1) is 6.10 Å². The maximum absolute atomic E-state index is 13.6. The van der Waals surface area contributed by atoms with Crippen LogP contribution in [0.5, 0.6) is 11.5 Å². The van der Waals surface area contributed by atoms with E-state index in [2.05, 4.69) is 56.4 Å². The Labute approximate surface area is 240 Å². The van der Waals surface area contributed by atoms with E-state index < -0.39 is 0 Å². The number of carbonyl (C=O) groups excluding carboxylic acids is 1. The molecular weight excluding hydrogens is 494 g/mol. The van der Waals surface area contributed by atoms with E-state index in [9.17, 15) is 9.90 Å². The van der Waals surface area contributed by atoms with Crippen molar-refractivity contribution >= 4 is 11.6 Å². The molecule has 4 heteroatoms. The van der Waals surface area contributed by atoms with E-state index in [1.54, 1.807) is 0 Å². The molecular formula is C36H45NO3. The van der Waals surface area contributed by atoms with Gasteiger partial charge in [0, 0.05) is 29.2 Å². The molecule has 1 atom stereocenters. The number of fused-ring (bicyclic) bond motifs is 2. The Balaban J connectivity index is 1.27. The summed E-state index contributed by atoms with van der Waals surface area (Å²) in [4.78, 5) is 13.6. The molecule has 1 aliphatic carbocycles. The number of rotatable bonds is 9. The molecule has 5 rings (SSSR count). The third-order valence-electron chi connectivity index (χ3n) is 8.76. The Bertz CT molecular complexity index is 1260. The fourth-order valence-corrected chi connectivity index (χ4v) is 6.50. The lowest BCUT2D eigenvalue weighted by atomic mass is 9.83. The number of ether oxygens (including phenoxy) is 1. The van der Waals surface area contributed by atoms with Gasteiger partial charge in [-0.1, -0.05) is 101 Å². The van der Waals surface area contributed by atoms with Crippen molar-refractivity contribution in [1.82, 2.24) is 0 Å². The van der Waals surface area contributed by atoms with Gasteiger partial charge in [-0.25, -0.2) is 0 Å². The van der Waals surface area contributed by atoms with E-state index in [-0.39, 0.29) is 23.3 Å². The van der Waals surface area contributed by atoms with Gasteiger partial charge in [0.25, 0.3) is 0 Å². The van der Waals surface area contributed by atoms with Crippen molar-refractivity contribution in [3.63, 3.8) is 0 Å². The maximum atomic E-state index is 13.6. The number of nitrogens with one attached hydrogen (secondary N) is 1. The third-order valence-corrected chi connectivity index (χ3v) is 8.76. The fourth-order valence-electron chi connectivity index (χ4n) is 6.50. The smallest absolute Gasteiger partial charge is 0.225 e. The molecule has 0 aromatic heterocycles. The summed E-state index contributed by atoms with van der Waals surface area (Å²) in [6.45, 7) is 6.53. The van der Waals surface area contributed by atoms with Gasteiger partial charge in [-0.3, -0.25) is 4.79 Å². The molecule has 212 valence electrons. The Morgan fingerprint density at radius 1 is 0.925 bits per heavy atom. The summed E-state index contributed by atoms with van der Waals surface area (Å²) in [6, 6.07) is 22.5. The number of aliphatic hydroxyl groups excluding tert-OH is 1. The molecule has 3 aromatic carbocycles. The normalized spacial score (nSPS) is 16.5. The largest absolute Gasteiger partial charge is 0.457 e. The molecule has 1 saturated carbocycles. The highest BCUT2D eigenvalue weighted by atomic mass is 16.5. The molecule has 4 nitrogen and oxygen atoms in total. The molecule has 0 unspecified atom stereocenters. The molecule has 1 amide bonds. The highest BCUT2D eigenvalue weighted by Gasteiger charge is 2.29. The quantitative estimate of drug-likeness (QED) is 0.285. The number of benzene rings is 3. The Morgan fingerprint density at radius 3 is 2.23 bits per heavy atom. The fraction of sp³-hybridized carbons (Fsp3) is 0.472. The van der Waals surface area contributed by atoms with Gasteiger partial charge in [-0.05, 0) is 66.3 Å². The predicted octanol–water partition coefficient (Wildman–Crippen LogP) is 8.90. The second kappa shape index (κ2) is 12.6. The summed E-state index contributed by atoms with van der Waals surface area (Å²) in [5.41, 5.74) is 5.13. The zero-order valence-electron chi connectivity index (χ0n) is 24.4.